The summed E-state index contributed by atoms with van der Waals surface area (Å²) in [6, 6.07) is 9.59. The van der Waals surface area contributed by atoms with Crippen LogP contribution in [0.25, 0.3) is 0 Å². The van der Waals surface area contributed by atoms with Crippen molar-refractivity contribution in [1.82, 2.24) is 0 Å². The predicted octanol–water partition coefficient (Wildman–Crippen LogP) is 1.71. The Balaban J connectivity index is 1.50. The van der Waals surface area contributed by atoms with Crippen LogP contribution in [0.3, 0.4) is 0 Å². The van der Waals surface area contributed by atoms with E-state index in [0.717, 1.165) is 30.9 Å². The maximum Gasteiger partial charge on any atom is 0.374 e. The molecule has 1 aromatic heterocycles. The zero-order valence-corrected chi connectivity index (χ0v) is 15.9. The average Bonchev–Trinajstić information content (AvgIpc) is 3.18. The van der Waals surface area contributed by atoms with Gasteiger partial charge in [0, 0.05) is 24.5 Å². The van der Waals surface area contributed by atoms with E-state index in [1.54, 1.807) is 12.1 Å². The van der Waals surface area contributed by atoms with Gasteiger partial charge in [0.05, 0.1) is 0 Å². The van der Waals surface area contributed by atoms with Gasteiger partial charge >= 0.3 is 5.97 Å². The maximum atomic E-state index is 12.0. The summed E-state index contributed by atoms with van der Waals surface area (Å²) in [5.41, 5.74) is 1.68. The van der Waals surface area contributed by atoms with Crippen LogP contribution in [0.2, 0.25) is 0 Å². The summed E-state index contributed by atoms with van der Waals surface area (Å²) in [6.45, 7) is 1.52. The van der Waals surface area contributed by atoms with E-state index in [2.05, 4.69) is 10.2 Å². The van der Waals surface area contributed by atoms with Crippen LogP contribution >= 0.6 is 0 Å². The number of primary sulfonamides is 1. The standard InChI is InChI=1S/C18H21N3O6S/c19-28(24,25)17-9-8-15(27-17)18(23)26-12-16(22)20-13-4-6-14(7-5-13)21-10-2-1-3-11-21/h4-9H,1-3,10-12H2,(H,20,22)(H2,19,24,25). The molecule has 1 fully saturated rings. The summed E-state index contributed by atoms with van der Waals surface area (Å²) in [5.74, 6) is -1.86. The highest BCUT2D eigenvalue weighted by Gasteiger charge is 2.19. The summed E-state index contributed by atoms with van der Waals surface area (Å²) in [4.78, 5) is 26.1. The normalized spacial score (nSPS) is 14.5. The lowest BCUT2D eigenvalue weighted by atomic mass is 10.1. The molecule has 0 radical (unpaired) electrons. The number of esters is 1. The Hall–Kier alpha value is -2.85. The number of anilines is 2. The first-order valence-electron chi connectivity index (χ1n) is 8.77. The van der Waals surface area contributed by atoms with Crippen LogP contribution in [0.4, 0.5) is 11.4 Å². The van der Waals surface area contributed by atoms with Gasteiger partial charge in [-0.05, 0) is 55.7 Å². The first-order chi connectivity index (χ1) is 13.3. The number of amides is 1. The minimum Gasteiger partial charge on any atom is -0.450 e. The van der Waals surface area contributed by atoms with Gasteiger partial charge in [0.1, 0.15) is 0 Å². The quantitative estimate of drug-likeness (QED) is 0.697. The molecule has 3 N–H and O–H groups in total. The van der Waals surface area contributed by atoms with Gasteiger partial charge in [-0.2, -0.15) is 0 Å². The Bertz CT molecular complexity index is 946. The highest BCUT2D eigenvalue weighted by atomic mass is 32.2. The molecule has 28 heavy (non-hydrogen) atoms. The second-order valence-corrected chi connectivity index (χ2v) is 7.87. The lowest BCUT2D eigenvalue weighted by Gasteiger charge is -2.28. The van der Waals surface area contributed by atoms with Crippen LogP contribution < -0.4 is 15.4 Å². The van der Waals surface area contributed by atoms with E-state index in [-0.39, 0.29) is 5.76 Å². The Morgan fingerprint density at radius 2 is 1.75 bits per heavy atom. The Morgan fingerprint density at radius 3 is 2.36 bits per heavy atom. The summed E-state index contributed by atoms with van der Waals surface area (Å²) < 4.78 is 31.9. The zero-order chi connectivity index (χ0) is 20.1. The number of piperidine rings is 1. The number of carbonyl (C=O) groups is 2. The van der Waals surface area contributed by atoms with Crippen molar-refractivity contribution in [2.24, 2.45) is 5.14 Å². The monoisotopic (exact) mass is 407 g/mol. The Labute approximate surface area is 162 Å². The molecule has 1 aromatic carbocycles. The van der Waals surface area contributed by atoms with Gasteiger partial charge in [-0.1, -0.05) is 0 Å². The lowest BCUT2D eigenvalue weighted by molar-refractivity contribution is -0.119. The molecule has 9 nitrogen and oxygen atoms in total. The topological polar surface area (TPSA) is 132 Å². The van der Waals surface area contributed by atoms with E-state index < -0.39 is 33.6 Å². The summed E-state index contributed by atoms with van der Waals surface area (Å²) in [5, 5.41) is 6.97. The molecule has 1 aliphatic heterocycles. The number of nitrogens with one attached hydrogen (secondary N) is 1. The number of benzene rings is 1. The minimum absolute atomic E-state index is 0.359. The average molecular weight is 407 g/mol. The number of ether oxygens (including phenoxy) is 1. The minimum atomic E-state index is -4.06. The van der Waals surface area contributed by atoms with E-state index in [4.69, 9.17) is 14.3 Å². The van der Waals surface area contributed by atoms with Crippen molar-refractivity contribution < 1.29 is 27.2 Å². The molecule has 1 amide bonds. The fourth-order valence-corrected chi connectivity index (χ4v) is 3.35. The van der Waals surface area contributed by atoms with Gasteiger partial charge < -0.3 is 19.4 Å². The van der Waals surface area contributed by atoms with Gasteiger partial charge in [0.2, 0.25) is 10.9 Å². The molecule has 3 rings (SSSR count). The van der Waals surface area contributed by atoms with Gasteiger partial charge in [0.25, 0.3) is 15.9 Å². The van der Waals surface area contributed by atoms with E-state index in [1.807, 2.05) is 12.1 Å². The molecule has 0 atom stereocenters. The summed E-state index contributed by atoms with van der Waals surface area (Å²) in [7, 11) is -4.06. The molecule has 0 spiro atoms. The molecule has 0 aliphatic carbocycles. The number of rotatable bonds is 6. The van der Waals surface area contributed by atoms with Crippen LogP contribution in [0.1, 0.15) is 29.8 Å². The highest BCUT2D eigenvalue weighted by molar-refractivity contribution is 7.89. The van der Waals surface area contributed by atoms with Crippen molar-refractivity contribution in [3.63, 3.8) is 0 Å². The third kappa shape index (κ3) is 5.11. The molecule has 150 valence electrons. The molecule has 2 heterocycles. The van der Waals surface area contributed by atoms with Crippen LogP contribution in [0.15, 0.2) is 45.9 Å². The van der Waals surface area contributed by atoms with E-state index in [1.165, 1.54) is 19.3 Å². The largest absolute Gasteiger partial charge is 0.450 e. The van der Waals surface area contributed by atoms with Gasteiger partial charge in [-0.25, -0.2) is 18.4 Å². The van der Waals surface area contributed by atoms with Crippen molar-refractivity contribution in [2.45, 2.75) is 24.4 Å². The molecule has 0 saturated carbocycles. The molecule has 2 aromatic rings. The summed E-state index contributed by atoms with van der Waals surface area (Å²) in [6.07, 6.45) is 3.61. The van der Waals surface area contributed by atoms with Crippen LogP contribution in [0, 0.1) is 0 Å². The first-order valence-corrected chi connectivity index (χ1v) is 10.3. The Morgan fingerprint density at radius 1 is 1.07 bits per heavy atom. The zero-order valence-electron chi connectivity index (χ0n) is 15.1. The Kier molecular flexibility index (Phi) is 6.00. The fourth-order valence-electron chi connectivity index (χ4n) is 2.89. The van der Waals surface area contributed by atoms with Crippen molar-refractivity contribution in [2.75, 3.05) is 29.9 Å². The fraction of sp³-hybridized carbons (Fsp3) is 0.333. The molecule has 10 heteroatoms. The molecule has 0 bridgehead atoms. The van der Waals surface area contributed by atoms with E-state index in [9.17, 15) is 18.0 Å². The second-order valence-electron chi connectivity index (χ2n) is 6.38. The van der Waals surface area contributed by atoms with Crippen molar-refractivity contribution in [3.8, 4) is 0 Å². The highest BCUT2D eigenvalue weighted by Crippen LogP contribution is 2.21. The third-order valence-electron chi connectivity index (χ3n) is 4.27. The number of nitrogens with two attached hydrogens (primary N) is 1. The van der Waals surface area contributed by atoms with Crippen LogP contribution in [-0.2, 0) is 19.6 Å². The number of nitrogens with zero attached hydrogens (tertiary/aromatic N) is 1. The van der Waals surface area contributed by atoms with Crippen molar-refractivity contribution in [1.29, 1.82) is 0 Å². The molecule has 1 saturated heterocycles. The van der Waals surface area contributed by atoms with Gasteiger partial charge in [0.15, 0.2) is 6.61 Å². The van der Waals surface area contributed by atoms with Crippen molar-refractivity contribution in [3.05, 3.63) is 42.2 Å². The first kappa shape index (κ1) is 19.9. The maximum absolute atomic E-state index is 12.0. The molecular weight excluding hydrogens is 386 g/mol. The van der Waals surface area contributed by atoms with Gasteiger partial charge in [-0.15, -0.1) is 0 Å². The number of furan rings is 1. The lowest BCUT2D eigenvalue weighted by Crippen LogP contribution is -2.29. The van der Waals surface area contributed by atoms with Crippen LogP contribution in [-0.4, -0.2) is 40.0 Å². The van der Waals surface area contributed by atoms with Crippen molar-refractivity contribution >= 4 is 33.3 Å². The smallest absolute Gasteiger partial charge is 0.374 e. The van der Waals surface area contributed by atoms with E-state index in [0.29, 0.717) is 5.69 Å². The predicted molar refractivity (Wildman–Crippen MR) is 101 cm³/mol. The molecule has 0 unspecified atom stereocenters. The summed E-state index contributed by atoms with van der Waals surface area (Å²) >= 11 is 0. The second kappa shape index (κ2) is 8.44. The SMILES string of the molecule is NS(=O)(=O)c1ccc(C(=O)OCC(=O)Nc2ccc(N3CCCCC3)cc2)o1. The number of sulfonamides is 1. The molecule has 1 aliphatic rings. The third-order valence-corrected chi connectivity index (χ3v) is 5.05. The van der Waals surface area contributed by atoms with E-state index >= 15 is 0 Å². The molecular formula is C18H21N3O6S. The number of hydrogen-bond acceptors (Lipinski definition) is 7. The van der Waals surface area contributed by atoms with Gasteiger partial charge in [-0.3, -0.25) is 4.79 Å². The number of carbonyl (C=O) groups excluding carboxylic acids is 2. The van der Waals surface area contributed by atoms with Crippen LogP contribution in [0.5, 0.6) is 0 Å². The number of hydrogen-bond donors (Lipinski definition) is 2.